The monoisotopic (exact) mass is 630 g/mol. The Morgan fingerprint density at radius 3 is 1.17 bits per heavy atom. The Balaban J connectivity index is 5.34. The van der Waals surface area contributed by atoms with Crippen LogP contribution in [0, 0.1) is 0 Å². The molecule has 0 fully saturated rings. The van der Waals surface area contributed by atoms with E-state index in [1.807, 2.05) is 0 Å². The van der Waals surface area contributed by atoms with Gasteiger partial charge in [-0.15, -0.1) is 0 Å². The fourth-order valence-corrected chi connectivity index (χ4v) is 7.15. The van der Waals surface area contributed by atoms with Crippen LogP contribution in [0.3, 0.4) is 0 Å². The van der Waals surface area contributed by atoms with E-state index in [0.29, 0.717) is 0 Å². The van der Waals surface area contributed by atoms with Crippen LogP contribution in [0.5, 0.6) is 0 Å². The zero-order chi connectivity index (χ0) is 18.4. The average Bonchev–Trinajstić information content (AvgIpc) is 2.22. The lowest BCUT2D eigenvalue weighted by Crippen LogP contribution is -2.18. The summed E-state index contributed by atoms with van der Waals surface area (Å²) in [6.45, 7) is 7.83. The maximum absolute atomic E-state index is 12.9. The molecule has 0 aromatic carbocycles. The van der Waals surface area contributed by atoms with Gasteiger partial charge in [0.2, 0.25) is 0 Å². The van der Waals surface area contributed by atoms with E-state index >= 15 is 0 Å². The van der Waals surface area contributed by atoms with Crippen LogP contribution in [-0.4, -0.2) is 25.9 Å². The molecule has 0 aromatic rings. The molecule has 140 valence electrons. The molecule has 0 saturated heterocycles. The van der Waals surface area contributed by atoms with Crippen LogP contribution in [0.2, 0.25) is 0 Å². The van der Waals surface area contributed by atoms with Crippen molar-refractivity contribution >= 4 is 79.1 Å². The minimum absolute atomic E-state index is 0.572. The first-order valence-corrected chi connectivity index (χ1v) is 13.2. The summed E-state index contributed by atoms with van der Waals surface area (Å²) in [7, 11) is -7.81. The minimum Gasteiger partial charge on any atom is -0.292 e. The first-order valence-electron chi connectivity index (χ1n) is 6.47. The van der Waals surface area contributed by atoms with E-state index in [2.05, 4.69) is 63.7 Å². The quantitative estimate of drug-likeness (QED) is 0.186. The van der Waals surface area contributed by atoms with Crippen molar-refractivity contribution in [3.8, 4) is 0 Å². The highest BCUT2D eigenvalue weighted by Gasteiger charge is 2.43. The third-order valence-corrected chi connectivity index (χ3v) is 7.87. The summed E-state index contributed by atoms with van der Waals surface area (Å²) in [5.74, 6) is -1.20. The molecule has 0 aliphatic rings. The summed E-state index contributed by atoms with van der Waals surface area (Å²) in [5.41, 5.74) is 0. The van der Waals surface area contributed by atoms with Crippen LogP contribution in [0.4, 0.5) is 0 Å². The summed E-state index contributed by atoms with van der Waals surface area (Å²) >= 11 is 12.5. The van der Waals surface area contributed by atoms with Gasteiger partial charge in [0.15, 0.2) is 5.85 Å². The number of alkyl halides is 4. The van der Waals surface area contributed by atoms with E-state index < -0.39 is 41.3 Å². The lowest BCUT2D eigenvalue weighted by Gasteiger charge is -2.29. The third-order valence-electron chi connectivity index (χ3n) is 1.86. The van der Waals surface area contributed by atoms with Crippen molar-refractivity contribution in [1.29, 1.82) is 0 Å². The summed E-state index contributed by atoms with van der Waals surface area (Å²) in [5, 5.41) is -2.37. The molecule has 0 spiro atoms. The molecule has 0 radical (unpaired) electrons. The van der Waals surface area contributed by atoms with E-state index in [1.165, 1.54) is 6.92 Å². The van der Waals surface area contributed by atoms with Gasteiger partial charge < -0.3 is 0 Å². The summed E-state index contributed by atoms with van der Waals surface area (Å²) < 4.78 is 51.8. The molecular weight excluding hydrogens is 614 g/mol. The fraction of sp³-hybridized carbons (Fsp3) is 1.00. The second kappa shape index (κ2) is 11.1. The van der Waals surface area contributed by atoms with Gasteiger partial charge in [0.25, 0.3) is 0 Å². The molecule has 0 amide bonds. The Morgan fingerprint density at radius 1 is 0.609 bits per heavy atom. The molecule has 0 aliphatic carbocycles. The van der Waals surface area contributed by atoms with Gasteiger partial charge in [-0.3, -0.25) is 27.2 Å². The Kier molecular flexibility index (Phi) is 12.2. The molecular formula is C10H20Br4O7P2. The van der Waals surface area contributed by atoms with Gasteiger partial charge in [0.1, 0.15) is 20.1 Å². The summed E-state index contributed by atoms with van der Waals surface area (Å²) in [6, 6.07) is 0. The summed E-state index contributed by atoms with van der Waals surface area (Å²) in [6.07, 6.45) is 0. The third kappa shape index (κ3) is 10.8. The molecule has 5 unspecified atom stereocenters. The maximum Gasteiger partial charge on any atom is 0.477 e. The molecule has 7 nitrogen and oxygen atoms in total. The topological polar surface area (TPSA) is 80.3 Å². The van der Waals surface area contributed by atoms with Crippen molar-refractivity contribution in [3.05, 3.63) is 0 Å². The largest absolute Gasteiger partial charge is 0.477 e. The Morgan fingerprint density at radius 2 is 0.913 bits per heavy atom. The molecule has 0 aliphatic heterocycles. The number of hydrogen-bond acceptors (Lipinski definition) is 7. The standard InChI is InChI=1S/C10H20Br4O7P2/c1-6(11)17-22(15,18-7(2)12)10(5)21-23(16,19-8(3)13)20-9(4)14/h6-10H,1-5H3. The average molecular weight is 634 g/mol. The van der Waals surface area contributed by atoms with Gasteiger partial charge in [0.05, 0.1) is 0 Å². The Labute approximate surface area is 170 Å². The van der Waals surface area contributed by atoms with Gasteiger partial charge in [-0.05, 0) is 34.6 Å². The predicted molar refractivity (Wildman–Crippen MR) is 104 cm³/mol. The lowest BCUT2D eigenvalue weighted by atomic mass is 10.9. The van der Waals surface area contributed by atoms with Crippen molar-refractivity contribution in [2.45, 2.75) is 60.5 Å². The van der Waals surface area contributed by atoms with Crippen molar-refractivity contribution in [2.24, 2.45) is 0 Å². The summed E-state index contributed by atoms with van der Waals surface area (Å²) in [4.78, 5) is 0. The molecule has 0 saturated carbocycles. The van der Waals surface area contributed by atoms with Crippen molar-refractivity contribution in [1.82, 2.24) is 0 Å². The minimum atomic E-state index is -4.03. The molecule has 5 atom stereocenters. The van der Waals surface area contributed by atoms with Crippen molar-refractivity contribution < 1.29 is 31.7 Å². The maximum atomic E-state index is 12.9. The second-order valence-corrected chi connectivity index (χ2v) is 13.2. The Hall–Kier alpha value is 2.18. The fourth-order valence-electron chi connectivity index (χ4n) is 1.28. The molecule has 23 heavy (non-hydrogen) atoms. The van der Waals surface area contributed by atoms with Crippen LogP contribution in [-0.2, 0) is 31.7 Å². The SMILES string of the molecule is CC(Br)OP(=O)(OC(C)Br)OC(C)P(=O)(OC(C)Br)OC(C)Br. The van der Waals surface area contributed by atoms with Crippen LogP contribution >= 0.6 is 79.1 Å². The van der Waals surface area contributed by atoms with Gasteiger partial charge >= 0.3 is 15.4 Å². The van der Waals surface area contributed by atoms with Crippen molar-refractivity contribution in [3.63, 3.8) is 0 Å². The molecule has 0 bridgehead atoms. The number of phosphoric acid groups is 1. The van der Waals surface area contributed by atoms with E-state index in [4.69, 9.17) is 22.6 Å². The van der Waals surface area contributed by atoms with E-state index in [1.54, 1.807) is 27.7 Å². The highest BCUT2D eigenvalue weighted by Crippen LogP contribution is 2.63. The first kappa shape index (κ1) is 25.2. The molecule has 0 N–H and O–H groups in total. The van der Waals surface area contributed by atoms with Gasteiger partial charge in [-0.2, -0.15) is 0 Å². The number of phosphoric ester groups is 1. The van der Waals surface area contributed by atoms with Gasteiger partial charge in [0, 0.05) is 0 Å². The van der Waals surface area contributed by atoms with Gasteiger partial charge in [-0.1, -0.05) is 63.7 Å². The first-order chi connectivity index (χ1) is 10.3. The number of halogens is 4. The zero-order valence-corrected chi connectivity index (χ0v) is 21.3. The normalized spacial score (nSPS) is 24.0. The van der Waals surface area contributed by atoms with Crippen LogP contribution in [0.25, 0.3) is 0 Å². The predicted octanol–water partition coefficient (Wildman–Crippen LogP) is 6.68. The van der Waals surface area contributed by atoms with Crippen LogP contribution in [0.1, 0.15) is 34.6 Å². The van der Waals surface area contributed by atoms with E-state index in [0.717, 1.165) is 0 Å². The second-order valence-electron chi connectivity index (χ2n) is 4.29. The Bertz CT molecular complexity index is 419. The number of rotatable bonds is 11. The molecule has 0 rings (SSSR count). The van der Waals surface area contributed by atoms with E-state index in [9.17, 15) is 9.13 Å². The molecule has 0 aromatic heterocycles. The number of hydrogen-bond donors (Lipinski definition) is 0. The van der Waals surface area contributed by atoms with Crippen molar-refractivity contribution in [2.75, 3.05) is 0 Å². The van der Waals surface area contributed by atoms with Crippen LogP contribution in [0.15, 0.2) is 0 Å². The highest BCUT2D eigenvalue weighted by atomic mass is 79.9. The molecule has 0 heterocycles. The van der Waals surface area contributed by atoms with Crippen LogP contribution < -0.4 is 0 Å². The lowest BCUT2D eigenvalue weighted by molar-refractivity contribution is 0.0832. The smallest absolute Gasteiger partial charge is 0.292 e. The zero-order valence-electron chi connectivity index (χ0n) is 13.2. The van der Waals surface area contributed by atoms with Gasteiger partial charge in [-0.25, -0.2) is 4.57 Å². The van der Waals surface area contributed by atoms with E-state index in [-0.39, 0.29) is 0 Å². The highest BCUT2D eigenvalue weighted by molar-refractivity contribution is 9.10. The molecule has 13 heteroatoms.